The standard InChI is InChI=1S/C8H15NO2/c1-6-2-3-7(4-6)9-8-10-5-11-8/h6-9H,2-5H2,1H3/t6-,7+/m0/s1. The van der Waals surface area contributed by atoms with Crippen LogP contribution in [0.15, 0.2) is 0 Å². The molecule has 1 heterocycles. The van der Waals surface area contributed by atoms with Crippen LogP contribution in [0.3, 0.4) is 0 Å². The second-order valence-electron chi connectivity index (χ2n) is 3.56. The van der Waals surface area contributed by atoms with Gasteiger partial charge in [-0.1, -0.05) is 6.92 Å². The molecule has 1 aliphatic carbocycles. The molecule has 0 aromatic rings. The van der Waals surface area contributed by atoms with Crippen LogP contribution in [0.1, 0.15) is 26.2 Å². The largest absolute Gasteiger partial charge is 0.313 e. The Morgan fingerprint density at radius 1 is 1.27 bits per heavy atom. The molecule has 1 N–H and O–H groups in total. The van der Waals surface area contributed by atoms with Crippen LogP contribution in [0.4, 0.5) is 0 Å². The van der Waals surface area contributed by atoms with E-state index in [-0.39, 0.29) is 6.41 Å². The molecule has 2 rings (SSSR count). The molecule has 0 unspecified atom stereocenters. The first kappa shape index (κ1) is 7.53. The highest BCUT2D eigenvalue weighted by molar-refractivity contribution is 4.78. The summed E-state index contributed by atoms with van der Waals surface area (Å²) in [5.74, 6) is 0.868. The molecule has 64 valence electrons. The van der Waals surface area contributed by atoms with Crippen LogP contribution >= 0.6 is 0 Å². The van der Waals surface area contributed by atoms with E-state index < -0.39 is 0 Å². The monoisotopic (exact) mass is 157 g/mol. The van der Waals surface area contributed by atoms with Crippen molar-refractivity contribution in [3.8, 4) is 0 Å². The van der Waals surface area contributed by atoms with Crippen molar-refractivity contribution >= 4 is 0 Å². The fraction of sp³-hybridized carbons (Fsp3) is 1.00. The smallest absolute Gasteiger partial charge is 0.220 e. The maximum Gasteiger partial charge on any atom is 0.220 e. The summed E-state index contributed by atoms with van der Waals surface area (Å²) in [6.07, 6.45) is 3.77. The summed E-state index contributed by atoms with van der Waals surface area (Å²) >= 11 is 0. The molecule has 2 atom stereocenters. The van der Waals surface area contributed by atoms with E-state index >= 15 is 0 Å². The minimum atomic E-state index is -0.106. The first-order valence-electron chi connectivity index (χ1n) is 4.34. The molecule has 0 radical (unpaired) electrons. The van der Waals surface area contributed by atoms with Crippen molar-refractivity contribution in [1.29, 1.82) is 0 Å². The molecule has 0 aromatic carbocycles. The van der Waals surface area contributed by atoms with E-state index in [1.54, 1.807) is 0 Å². The Morgan fingerprint density at radius 3 is 2.55 bits per heavy atom. The Kier molecular flexibility index (Phi) is 2.11. The van der Waals surface area contributed by atoms with Crippen LogP contribution < -0.4 is 5.32 Å². The third-order valence-corrected chi connectivity index (χ3v) is 2.51. The molecule has 11 heavy (non-hydrogen) atoms. The highest BCUT2D eigenvalue weighted by Crippen LogP contribution is 2.25. The van der Waals surface area contributed by atoms with E-state index in [4.69, 9.17) is 9.47 Å². The van der Waals surface area contributed by atoms with Gasteiger partial charge in [0.05, 0.1) is 0 Å². The van der Waals surface area contributed by atoms with Crippen molar-refractivity contribution < 1.29 is 9.47 Å². The molecule has 1 saturated carbocycles. The summed E-state index contributed by atoms with van der Waals surface area (Å²) in [6.45, 7) is 2.75. The Labute approximate surface area is 67.1 Å². The lowest BCUT2D eigenvalue weighted by molar-refractivity contribution is -0.335. The Hall–Kier alpha value is -0.120. The van der Waals surface area contributed by atoms with Crippen molar-refractivity contribution in [3.05, 3.63) is 0 Å². The summed E-state index contributed by atoms with van der Waals surface area (Å²) in [7, 11) is 0. The van der Waals surface area contributed by atoms with Gasteiger partial charge in [-0.2, -0.15) is 0 Å². The molecular formula is C8H15NO2. The van der Waals surface area contributed by atoms with E-state index in [9.17, 15) is 0 Å². The second kappa shape index (κ2) is 3.09. The van der Waals surface area contributed by atoms with Gasteiger partial charge in [0.15, 0.2) is 6.79 Å². The number of nitrogens with one attached hydrogen (secondary N) is 1. The molecule has 0 aromatic heterocycles. The first-order valence-corrected chi connectivity index (χ1v) is 4.34. The lowest BCUT2D eigenvalue weighted by Crippen LogP contribution is -2.47. The molecular weight excluding hydrogens is 142 g/mol. The SMILES string of the molecule is C[C@H]1CC[C@@H](NC2OCO2)C1. The fourth-order valence-electron chi connectivity index (χ4n) is 1.78. The van der Waals surface area contributed by atoms with Crippen LogP contribution in [0.25, 0.3) is 0 Å². The van der Waals surface area contributed by atoms with Crippen LogP contribution in [-0.4, -0.2) is 19.2 Å². The van der Waals surface area contributed by atoms with Crippen molar-refractivity contribution in [2.75, 3.05) is 6.79 Å². The van der Waals surface area contributed by atoms with Gasteiger partial charge in [0, 0.05) is 6.04 Å². The van der Waals surface area contributed by atoms with Crippen LogP contribution in [0.2, 0.25) is 0 Å². The number of rotatable bonds is 2. The minimum Gasteiger partial charge on any atom is -0.313 e. The summed E-state index contributed by atoms with van der Waals surface area (Å²) in [4.78, 5) is 0. The van der Waals surface area contributed by atoms with Gasteiger partial charge in [0.25, 0.3) is 0 Å². The van der Waals surface area contributed by atoms with Crippen molar-refractivity contribution in [3.63, 3.8) is 0 Å². The van der Waals surface area contributed by atoms with Crippen molar-refractivity contribution in [2.24, 2.45) is 5.92 Å². The number of hydrogen-bond acceptors (Lipinski definition) is 3. The average molecular weight is 157 g/mol. The second-order valence-corrected chi connectivity index (χ2v) is 3.56. The van der Waals surface area contributed by atoms with E-state index in [1.165, 1.54) is 19.3 Å². The van der Waals surface area contributed by atoms with Gasteiger partial charge in [-0.3, -0.25) is 5.32 Å². The summed E-state index contributed by atoms with van der Waals surface area (Å²) < 4.78 is 10.2. The van der Waals surface area contributed by atoms with Gasteiger partial charge in [-0.05, 0) is 25.2 Å². The van der Waals surface area contributed by atoms with E-state index in [0.29, 0.717) is 12.8 Å². The predicted octanol–water partition coefficient (Wildman–Crippen LogP) is 1.05. The van der Waals surface area contributed by atoms with E-state index in [2.05, 4.69) is 12.2 Å². The van der Waals surface area contributed by atoms with Crippen molar-refractivity contribution in [1.82, 2.24) is 5.32 Å². The molecule has 2 aliphatic rings. The van der Waals surface area contributed by atoms with Gasteiger partial charge < -0.3 is 9.47 Å². The molecule has 2 fully saturated rings. The van der Waals surface area contributed by atoms with Crippen LogP contribution in [-0.2, 0) is 9.47 Å². The maximum absolute atomic E-state index is 5.09. The third-order valence-electron chi connectivity index (χ3n) is 2.51. The highest BCUT2D eigenvalue weighted by Gasteiger charge is 2.27. The maximum atomic E-state index is 5.09. The van der Waals surface area contributed by atoms with Gasteiger partial charge in [0.2, 0.25) is 6.41 Å². The van der Waals surface area contributed by atoms with Crippen molar-refractivity contribution in [2.45, 2.75) is 38.6 Å². The topological polar surface area (TPSA) is 30.5 Å². The zero-order valence-corrected chi connectivity index (χ0v) is 6.88. The molecule has 0 spiro atoms. The normalized spacial score (nSPS) is 39.0. The Morgan fingerprint density at radius 2 is 2.09 bits per heavy atom. The van der Waals surface area contributed by atoms with Gasteiger partial charge in [-0.15, -0.1) is 0 Å². The Bertz CT molecular complexity index is 136. The quantitative estimate of drug-likeness (QED) is 0.650. The highest BCUT2D eigenvalue weighted by atomic mass is 16.9. The summed E-state index contributed by atoms with van der Waals surface area (Å²) in [6, 6.07) is 0.621. The van der Waals surface area contributed by atoms with Gasteiger partial charge in [-0.25, -0.2) is 0 Å². The van der Waals surface area contributed by atoms with Crippen LogP contribution in [0.5, 0.6) is 0 Å². The average Bonchev–Trinajstić information content (AvgIpc) is 2.27. The lowest BCUT2D eigenvalue weighted by Gasteiger charge is -2.30. The van der Waals surface area contributed by atoms with E-state index in [1.807, 2.05) is 0 Å². The van der Waals surface area contributed by atoms with Gasteiger partial charge >= 0.3 is 0 Å². The number of hydrogen-bond donors (Lipinski definition) is 1. The molecule has 3 nitrogen and oxygen atoms in total. The lowest BCUT2D eigenvalue weighted by atomic mass is 10.1. The molecule has 0 amide bonds. The molecule has 0 bridgehead atoms. The summed E-state index contributed by atoms with van der Waals surface area (Å²) in [5.41, 5.74) is 0. The zero-order valence-electron chi connectivity index (χ0n) is 6.88. The molecule has 3 heteroatoms. The Balaban J connectivity index is 1.70. The minimum absolute atomic E-state index is 0.106. The molecule has 1 saturated heterocycles. The van der Waals surface area contributed by atoms with E-state index in [0.717, 1.165) is 5.92 Å². The fourth-order valence-corrected chi connectivity index (χ4v) is 1.78. The predicted molar refractivity (Wildman–Crippen MR) is 40.8 cm³/mol. The third kappa shape index (κ3) is 1.72. The molecule has 1 aliphatic heterocycles. The number of ether oxygens (including phenoxy) is 2. The van der Waals surface area contributed by atoms with Crippen LogP contribution in [0, 0.1) is 5.92 Å². The summed E-state index contributed by atoms with van der Waals surface area (Å²) in [5, 5.41) is 3.30. The first-order chi connectivity index (χ1) is 5.34. The van der Waals surface area contributed by atoms with Gasteiger partial charge in [0.1, 0.15) is 0 Å². The zero-order chi connectivity index (χ0) is 7.68.